The summed E-state index contributed by atoms with van der Waals surface area (Å²) in [6.45, 7) is 5.14. The number of nitrogens with one attached hydrogen (secondary N) is 2. The van der Waals surface area contributed by atoms with Crippen molar-refractivity contribution in [2.24, 2.45) is 0 Å². The fraction of sp³-hybridized carbons (Fsp3) is 0.944. The Bertz CT molecular complexity index is 454. The highest BCUT2D eigenvalue weighted by molar-refractivity contribution is 5.74. The molecule has 4 rings (SSSR count). The zero-order valence-electron chi connectivity index (χ0n) is 14.6. The van der Waals surface area contributed by atoms with Gasteiger partial charge < -0.3 is 20.1 Å². The third-order valence-electron chi connectivity index (χ3n) is 6.52. The van der Waals surface area contributed by atoms with Crippen molar-refractivity contribution in [3.63, 3.8) is 0 Å². The normalized spacial score (nSPS) is 31.8. The molecule has 2 N–H and O–H groups in total. The molecule has 4 aliphatic rings. The SMILES string of the molecule is O=C(NCC1(N2CCOCC2)CC1)NC1CCOC12CCCCC2. The number of carbonyl (C=O) groups is 1. The highest BCUT2D eigenvalue weighted by atomic mass is 16.5. The summed E-state index contributed by atoms with van der Waals surface area (Å²) in [6.07, 6.45) is 9.24. The first-order valence-corrected chi connectivity index (χ1v) is 9.74. The lowest BCUT2D eigenvalue weighted by atomic mass is 9.80. The average Bonchev–Trinajstić information content (AvgIpc) is 3.34. The lowest BCUT2D eigenvalue weighted by molar-refractivity contribution is -0.0368. The maximum atomic E-state index is 12.5. The van der Waals surface area contributed by atoms with Crippen molar-refractivity contribution in [2.75, 3.05) is 39.5 Å². The van der Waals surface area contributed by atoms with Crippen molar-refractivity contribution in [1.29, 1.82) is 0 Å². The van der Waals surface area contributed by atoms with Crippen LogP contribution in [0.1, 0.15) is 51.4 Å². The van der Waals surface area contributed by atoms with Crippen LogP contribution in [0.5, 0.6) is 0 Å². The number of amides is 2. The van der Waals surface area contributed by atoms with Crippen molar-refractivity contribution in [3.8, 4) is 0 Å². The molecule has 0 aromatic carbocycles. The molecule has 2 aliphatic heterocycles. The van der Waals surface area contributed by atoms with Gasteiger partial charge in [-0.25, -0.2) is 4.79 Å². The molecule has 6 nitrogen and oxygen atoms in total. The Hall–Kier alpha value is -0.850. The van der Waals surface area contributed by atoms with Gasteiger partial charge in [0, 0.05) is 31.8 Å². The minimum Gasteiger partial charge on any atom is -0.379 e. The molecular weight excluding hydrogens is 306 g/mol. The maximum absolute atomic E-state index is 12.5. The van der Waals surface area contributed by atoms with Crippen LogP contribution in [0, 0.1) is 0 Å². The summed E-state index contributed by atoms with van der Waals surface area (Å²) >= 11 is 0. The molecule has 1 unspecified atom stereocenters. The van der Waals surface area contributed by atoms with E-state index in [2.05, 4.69) is 15.5 Å². The van der Waals surface area contributed by atoms with Gasteiger partial charge in [0.15, 0.2) is 0 Å². The van der Waals surface area contributed by atoms with Gasteiger partial charge in [0.2, 0.25) is 0 Å². The van der Waals surface area contributed by atoms with Crippen LogP contribution >= 0.6 is 0 Å². The lowest BCUT2D eigenvalue weighted by Crippen LogP contribution is -2.56. The lowest BCUT2D eigenvalue weighted by Gasteiger charge is -2.38. The molecule has 136 valence electrons. The first kappa shape index (κ1) is 16.6. The summed E-state index contributed by atoms with van der Waals surface area (Å²) in [4.78, 5) is 15.0. The van der Waals surface area contributed by atoms with Crippen molar-refractivity contribution in [1.82, 2.24) is 15.5 Å². The van der Waals surface area contributed by atoms with Gasteiger partial charge in [-0.3, -0.25) is 4.90 Å². The van der Waals surface area contributed by atoms with Gasteiger partial charge in [-0.15, -0.1) is 0 Å². The third-order valence-corrected chi connectivity index (χ3v) is 6.52. The smallest absolute Gasteiger partial charge is 0.315 e. The molecule has 2 saturated heterocycles. The highest BCUT2D eigenvalue weighted by Gasteiger charge is 2.49. The van der Waals surface area contributed by atoms with Crippen molar-refractivity contribution >= 4 is 6.03 Å². The van der Waals surface area contributed by atoms with Gasteiger partial charge in [-0.05, 0) is 32.1 Å². The fourth-order valence-corrected chi connectivity index (χ4v) is 4.83. The van der Waals surface area contributed by atoms with E-state index in [-0.39, 0.29) is 23.2 Å². The molecule has 1 spiro atoms. The number of hydrogen-bond acceptors (Lipinski definition) is 4. The number of rotatable bonds is 4. The van der Waals surface area contributed by atoms with Gasteiger partial charge in [-0.2, -0.15) is 0 Å². The zero-order chi connectivity index (χ0) is 16.5. The molecule has 2 heterocycles. The van der Waals surface area contributed by atoms with Gasteiger partial charge in [-0.1, -0.05) is 19.3 Å². The van der Waals surface area contributed by atoms with E-state index < -0.39 is 0 Å². The monoisotopic (exact) mass is 337 g/mol. The molecule has 2 amide bonds. The van der Waals surface area contributed by atoms with Gasteiger partial charge >= 0.3 is 6.03 Å². The third kappa shape index (κ3) is 3.28. The topological polar surface area (TPSA) is 62.8 Å². The molecule has 0 aromatic rings. The van der Waals surface area contributed by atoms with E-state index in [1.807, 2.05) is 0 Å². The van der Waals surface area contributed by atoms with Crippen LogP contribution in [0.4, 0.5) is 4.79 Å². The Kier molecular flexibility index (Phi) is 4.71. The first-order chi connectivity index (χ1) is 11.7. The van der Waals surface area contributed by atoms with Gasteiger partial charge in [0.25, 0.3) is 0 Å². The fourth-order valence-electron chi connectivity index (χ4n) is 4.83. The Balaban J connectivity index is 1.27. The standard InChI is InChI=1S/C18H31N3O3/c22-16(19-14-17(7-8-17)21-9-12-23-13-10-21)20-15-4-11-24-18(15)5-2-1-3-6-18/h15H,1-14H2,(H2,19,20,22). The second-order valence-electron chi connectivity index (χ2n) is 7.97. The van der Waals surface area contributed by atoms with Crippen molar-refractivity contribution in [2.45, 2.75) is 68.5 Å². The number of carbonyl (C=O) groups excluding carboxylic acids is 1. The van der Waals surface area contributed by atoms with Crippen LogP contribution in [0.2, 0.25) is 0 Å². The van der Waals surface area contributed by atoms with Crippen molar-refractivity contribution < 1.29 is 14.3 Å². The van der Waals surface area contributed by atoms with Gasteiger partial charge in [0.05, 0.1) is 24.9 Å². The highest BCUT2D eigenvalue weighted by Crippen LogP contribution is 2.42. The van der Waals surface area contributed by atoms with E-state index in [1.165, 1.54) is 32.1 Å². The molecule has 0 bridgehead atoms. The summed E-state index contributed by atoms with van der Waals surface area (Å²) in [6, 6.07) is 0.159. The molecule has 1 atom stereocenters. The molecule has 0 aromatic heterocycles. The summed E-state index contributed by atoms with van der Waals surface area (Å²) in [5.41, 5.74) is 0.104. The minimum absolute atomic E-state index is 0.0185. The summed E-state index contributed by atoms with van der Waals surface area (Å²) in [5, 5.41) is 6.37. The van der Waals surface area contributed by atoms with Crippen LogP contribution in [0.25, 0.3) is 0 Å². The average molecular weight is 337 g/mol. The minimum atomic E-state index is -0.0862. The van der Waals surface area contributed by atoms with Crippen LogP contribution in [-0.4, -0.2) is 67.6 Å². The quantitative estimate of drug-likeness (QED) is 0.819. The van der Waals surface area contributed by atoms with E-state index in [4.69, 9.17) is 9.47 Å². The van der Waals surface area contributed by atoms with E-state index in [9.17, 15) is 4.79 Å². The molecule has 2 saturated carbocycles. The number of morpholine rings is 1. The summed E-state index contributed by atoms with van der Waals surface area (Å²) < 4.78 is 11.5. The Labute approximate surface area is 144 Å². The predicted octanol–water partition coefficient (Wildman–Crippen LogP) is 1.64. The largest absolute Gasteiger partial charge is 0.379 e. The summed E-state index contributed by atoms with van der Waals surface area (Å²) in [7, 11) is 0. The molecule has 0 radical (unpaired) electrons. The van der Waals surface area contributed by atoms with Gasteiger partial charge in [0.1, 0.15) is 0 Å². The van der Waals surface area contributed by atoms with E-state index >= 15 is 0 Å². The molecular formula is C18H31N3O3. The molecule has 6 heteroatoms. The van der Waals surface area contributed by atoms with Crippen LogP contribution < -0.4 is 10.6 Å². The zero-order valence-corrected chi connectivity index (χ0v) is 14.6. The summed E-state index contributed by atoms with van der Waals surface area (Å²) in [5.74, 6) is 0. The van der Waals surface area contributed by atoms with E-state index in [0.29, 0.717) is 0 Å². The first-order valence-electron chi connectivity index (χ1n) is 9.74. The molecule has 4 fully saturated rings. The number of ether oxygens (including phenoxy) is 2. The van der Waals surface area contributed by atoms with Crippen molar-refractivity contribution in [3.05, 3.63) is 0 Å². The maximum Gasteiger partial charge on any atom is 0.315 e. The Morgan fingerprint density at radius 2 is 1.79 bits per heavy atom. The predicted molar refractivity (Wildman–Crippen MR) is 91.1 cm³/mol. The van der Waals surface area contributed by atoms with E-state index in [0.717, 1.165) is 58.7 Å². The van der Waals surface area contributed by atoms with Crippen LogP contribution in [-0.2, 0) is 9.47 Å². The second kappa shape index (κ2) is 6.81. The number of hydrogen-bond donors (Lipinski definition) is 2. The number of nitrogens with zero attached hydrogens (tertiary/aromatic N) is 1. The van der Waals surface area contributed by atoms with E-state index in [1.54, 1.807) is 0 Å². The molecule has 2 aliphatic carbocycles. The Morgan fingerprint density at radius 3 is 2.50 bits per heavy atom. The second-order valence-corrected chi connectivity index (χ2v) is 7.97. The van der Waals surface area contributed by atoms with Crippen LogP contribution in [0.3, 0.4) is 0 Å². The van der Waals surface area contributed by atoms with Crippen LogP contribution in [0.15, 0.2) is 0 Å². The number of urea groups is 1. The Morgan fingerprint density at radius 1 is 1.04 bits per heavy atom. The molecule has 24 heavy (non-hydrogen) atoms.